The molecule has 0 saturated carbocycles. The van der Waals surface area contributed by atoms with E-state index in [1.807, 2.05) is 12.3 Å². The Morgan fingerprint density at radius 2 is 2.29 bits per heavy atom. The summed E-state index contributed by atoms with van der Waals surface area (Å²) < 4.78 is 10.8. The molecule has 3 rings (SSSR count). The van der Waals surface area contributed by atoms with Crippen LogP contribution in [0.15, 0.2) is 23.0 Å². The molecule has 0 spiro atoms. The number of furan rings is 1. The van der Waals surface area contributed by atoms with Crippen LogP contribution < -0.4 is 0 Å². The van der Waals surface area contributed by atoms with Gasteiger partial charge in [-0.3, -0.25) is 4.90 Å². The molecule has 2 fully saturated rings. The average Bonchev–Trinajstić information content (AvgIpc) is 2.96. The van der Waals surface area contributed by atoms with Gasteiger partial charge < -0.3 is 14.1 Å². The number of hydrogen-bond donors (Lipinski definition) is 0. The number of fused-ring (bicyclic) bond motifs is 1. The number of hydrogen-bond acceptors (Lipinski definition) is 4. The largest absolute Gasteiger partial charge is 0.472 e. The molecule has 0 radical (unpaired) electrons. The van der Waals surface area contributed by atoms with Gasteiger partial charge in [-0.2, -0.15) is 0 Å². The van der Waals surface area contributed by atoms with Gasteiger partial charge in [-0.1, -0.05) is 0 Å². The molecule has 0 unspecified atom stereocenters. The monoisotopic (exact) mass is 236 g/mol. The molecule has 1 aromatic heterocycles. The molecular weight excluding hydrogens is 216 g/mol. The number of likely N-dealkylation sites (tertiary alicyclic amines) is 1. The summed E-state index contributed by atoms with van der Waals surface area (Å²) in [5.74, 6) is 0.664. The first-order valence-corrected chi connectivity index (χ1v) is 6.25. The van der Waals surface area contributed by atoms with Gasteiger partial charge >= 0.3 is 0 Å². The van der Waals surface area contributed by atoms with E-state index in [1.54, 1.807) is 6.26 Å². The van der Waals surface area contributed by atoms with E-state index in [4.69, 9.17) is 9.15 Å². The van der Waals surface area contributed by atoms with Crippen LogP contribution in [-0.2, 0) is 11.3 Å². The molecule has 3 atom stereocenters. The first kappa shape index (κ1) is 11.3. The van der Waals surface area contributed by atoms with E-state index in [1.165, 1.54) is 5.56 Å². The van der Waals surface area contributed by atoms with Crippen molar-refractivity contribution in [1.29, 1.82) is 0 Å². The summed E-state index contributed by atoms with van der Waals surface area (Å²) in [6.07, 6.45) is 3.59. The van der Waals surface area contributed by atoms with Gasteiger partial charge in [-0.15, -0.1) is 0 Å². The minimum Gasteiger partial charge on any atom is -0.472 e. The normalized spacial score (nSPS) is 33.5. The fourth-order valence-electron chi connectivity index (χ4n) is 3.16. The second-order valence-corrected chi connectivity index (χ2v) is 5.36. The van der Waals surface area contributed by atoms with E-state index >= 15 is 0 Å². The van der Waals surface area contributed by atoms with Crippen molar-refractivity contribution in [3.05, 3.63) is 24.2 Å². The second kappa shape index (κ2) is 4.44. The molecule has 2 aliphatic rings. The third-order valence-electron chi connectivity index (χ3n) is 4.11. The topological polar surface area (TPSA) is 28.9 Å². The van der Waals surface area contributed by atoms with Crippen LogP contribution in [0, 0.1) is 5.92 Å². The molecule has 2 aliphatic heterocycles. The second-order valence-electron chi connectivity index (χ2n) is 5.36. The average molecular weight is 236 g/mol. The van der Waals surface area contributed by atoms with Crippen molar-refractivity contribution >= 4 is 0 Å². The van der Waals surface area contributed by atoms with Crippen LogP contribution in [-0.4, -0.2) is 55.7 Å². The SMILES string of the molecule is CN(C)[C@@H]1CN(Cc2ccoc2)[C@H]2COC[C@@H]12. The van der Waals surface area contributed by atoms with Crippen molar-refractivity contribution in [2.24, 2.45) is 5.92 Å². The molecule has 17 heavy (non-hydrogen) atoms. The molecule has 1 aromatic rings. The van der Waals surface area contributed by atoms with Crippen molar-refractivity contribution in [1.82, 2.24) is 9.80 Å². The molecule has 0 aliphatic carbocycles. The summed E-state index contributed by atoms with van der Waals surface area (Å²) in [5.41, 5.74) is 1.26. The van der Waals surface area contributed by atoms with Crippen molar-refractivity contribution in [3.63, 3.8) is 0 Å². The van der Waals surface area contributed by atoms with E-state index in [-0.39, 0.29) is 0 Å². The molecular formula is C13H20N2O2. The molecule has 0 bridgehead atoms. The summed E-state index contributed by atoms with van der Waals surface area (Å²) in [7, 11) is 4.34. The lowest BCUT2D eigenvalue weighted by Gasteiger charge is -2.23. The number of ether oxygens (including phenoxy) is 1. The highest BCUT2D eigenvalue weighted by Crippen LogP contribution is 2.33. The summed E-state index contributed by atoms with van der Waals surface area (Å²) in [6, 6.07) is 3.25. The van der Waals surface area contributed by atoms with E-state index < -0.39 is 0 Å². The molecule has 0 amide bonds. The Morgan fingerprint density at radius 3 is 3.00 bits per heavy atom. The van der Waals surface area contributed by atoms with Gasteiger partial charge in [0.25, 0.3) is 0 Å². The lowest BCUT2D eigenvalue weighted by Crippen LogP contribution is -2.36. The van der Waals surface area contributed by atoms with Crippen LogP contribution in [0.25, 0.3) is 0 Å². The molecule has 94 valence electrons. The Kier molecular flexibility index (Phi) is 2.94. The Bertz CT molecular complexity index is 364. The summed E-state index contributed by atoms with van der Waals surface area (Å²) in [6.45, 7) is 3.91. The molecule has 0 aromatic carbocycles. The van der Waals surface area contributed by atoms with Crippen LogP contribution in [0.3, 0.4) is 0 Å². The van der Waals surface area contributed by atoms with Crippen molar-refractivity contribution in [3.8, 4) is 0 Å². The van der Waals surface area contributed by atoms with Crippen LogP contribution in [0.1, 0.15) is 5.56 Å². The molecule has 3 heterocycles. The quantitative estimate of drug-likeness (QED) is 0.784. The summed E-state index contributed by atoms with van der Waals surface area (Å²) in [5, 5.41) is 0. The van der Waals surface area contributed by atoms with E-state index in [0.717, 1.165) is 26.3 Å². The van der Waals surface area contributed by atoms with Crippen LogP contribution in [0.4, 0.5) is 0 Å². The van der Waals surface area contributed by atoms with Crippen LogP contribution in [0.2, 0.25) is 0 Å². The fourth-order valence-corrected chi connectivity index (χ4v) is 3.16. The van der Waals surface area contributed by atoms with E-state index in [2.05, 4.69) is 23.9 Å². The van der Waals surface area contributed by atoms with Gasteiger partial charge in [0, 0.05) is 36.7 Å². The van der Waals surface area contributed by atoms with Crippen LogP contribution >= 0.6 is 0 Å². The minimum atomic E-state index is 0.581. The Morgan fingerprint density at radius 1 is 1.41 bits per heavy atom. The van der Waals surface area contributed by atoms with E-state index in [0.29, 0.717) is 18.0 Å². The predicted molar refractivity (Wildman–Crippen MR) is 64.7 cm³/mol. The lowest BCUT2D eigenvalue weighted by atomic mass is 9.99. The van der Waals surface area contributed by atoms with Gasteiger partial charge in [-0.05, 0) is 20.2 Å². The third-order valence-corrected chi connectivity index (χ3v) is 4.11. The maximum absolute atomic E-state index is 5.65. The van der Waals surface area contributed by atoms with Gasteiger partial charge in [0.1, 0.15) is 0 Å². The predicted octanol–water partition coefficient (Wildman–Crippen LogP) is 1.04. The summed E-state index contributed by atoms with van der Waals surface area (Å²) in [4.78, 5) is 4.87. The minimum absolute atomic E-state index is 0.581. The first-order chi connectivity index (χ1) is 8.25. The zero-order valence-corrected chi connectivity index (χ0v) is 10.5. The molecule has 0 N–H and O–H groups in total. The number of rotatable bonds is 3. The Balaban J connectivity index is 1.73. The smallest absolute Gasteiger partial charge is 0.0947 e. The Labute approximate surface area is 102 Å². The van der Waals surface area contributed by atoms with Crippen molar-refractivity contribution in [2.45, 2.75) is 18.6 Å². The maximum Gasteiger partial charge on any atom is 0.0947 e. The lowest BCUT2D eigenvalue weighted by molar-refractivity contribution is 0.124. The molecule has 4 heteroatoms. The van der Waals surface area contributed by atoms with Gasteiger partial charge in [0.15, 0.2) is 0 Å². The number of nitrogens with zero attached hydrogens (tertiary/aromatic N) is 2. The summed E-state index contributed by atoms with van der Waals surface area (Å²) >= 11 is 0. The van der Waals surface area contributed by atoms with Gasteiger partial charge in [0.2, 0.25) is 0 Å². The van der Waals surface area contributed by atoms with Gasteiger partial charge in [-0.25, -0.2) is 0 Å². The van der Waals surface area contributed by atoms with E-state index in [9.17, 15) is 0 Å². The Hall–Kier alpha value is -0.840. The van der Waals surface area contributed by atoms with Crippen molar-refractivity contribution < 1.29 is 9.15 Å². The van der Waals surface area contributed by atoms with Gasteiger partial charge in [0.05, 0.1) is 25.7 Å². The highest BCUT2D eigenvalue weighted by Gasteiger charge is 2.45. The highest BCUT2D eigenvalue weighted by molar-refractivity contribution is 5.08. The highest BCUT2D eigenvalue weighted by atomic mass is 16.5. The molecule has 4 nitrogen and oxygen atoms in total. The fraction of sp³-hybridized carbons (Fsp3) is 0.692. The molecule has 2 saturated heterocycles. The zero-order chi connectivity index (χ0) is 11.8. The third kappa shape index (κ3) is 2.01. The standard InChI is InChI=1S/C13H20N2O2/c1-14(2)12-6-15(5-10-3-4-16-7-10)13-9-17-8-11(12)13/h3-4,7,11-13H,5-6,8-9H2,1-2H3/t11-,12+,13-/m0/s1. The first-order valence-electron chi connectivity index (χ1n) is 6.25. The zero-order valence-electron chi connectivity index (χ0n) is 10.5. The van der Waals surface area contributed by atoms with Crippen molar-refractivity contribution in [2.75, 3.05) is 33.9 Å². The van der Waals surface area contributed by atoms with Crippen LogP contribution in [0.5, 0.6) is 0 Å². The number of likely N-dealkylation sites (N-methyl/N-ethyl adjacent to an activating group) is 1. The maximum atomic E-state index is 5.65.